The van der Waals surface area contributed by atoms with Crippen LogP contribution in [0.15, 0.2) is 35.1 Å². The lowest BCUT2D eigenvalue weighted by Crippen LogP contribution is -2.05. The van der Waals surface area contributed by atoms with Crippen LogP contribution in [0.5, 0.6) is 0 Å². The Labute approximate surface area is 135 Å². The molecule has 0 aliphatic rings. The van der Waals surface area contributed by atoms with Gasteiger partial charge in [0.15, 0.2) is 17.5 Å². The zero-order valence-corrected chi connectivity index (χ0v) is 12.7. The second kappa shape index (κ2) is 6.09. The molecule has 0 radical (unpaired) electrons. The minimum absolute atomic E-state index is 0.000881. The quantitative estimate of drug-likeness (QED) is 0.669. The van der Waals surface area contributed by atoms with Gasteiger partial charge in [0.05, 0.1) is 5.02 Å². The molecule has 118 valence electrons. The van der Waals surface area contributed by atoms with Gasteiger partial charge in [0.2, 0.25) is 0 Å². The van der Waals surface area contributed by atoms with Gasteiger partial charge in [-0.3, -0.25) is 0 Å². The highest BCUT2D eigenvalue weighted by Crippen LogP contribution is 2.29. The highest BCUT2D eigenvalue weighted by molar-refractivity contribution is 6.31. The Hall–Kier alpha value is -2.87. The van der Waals surface area contributed by atoms with Crippen LogP contribution in [0.2, 0.25) is 5.02 Å². The lowest BCUT2D eigenvalue weighted by molar-refractivity contribution is 0.400. The average molecular weight is 335 g/mol. The summed E-state index contributed by atoms with van der Waals surface area (Å²) in [5, 5.41) is 9.70. The van der Waals surface area contributed by atoms with E-state index in [0.29, 0.717) is 28.9 Å². The monoisotopic (exact) mass is 334 g/mol. The largest absolute Gasteiger partial charge is 0.393 e. The zero-order valence-electron chi connectivity index (χ0n) is 12.0. The lowest BCUT2D eigenvalue weighted by atomic mass is 10.3. The summed E-state index contributed by atoms with van der Waals surface area (Å²) in [4.78, 5) is 8.13. The van der Waals surface area contributed by atoms with Crippen molar-refractivity contribution in [2.45, 2.75) is 6.92 Å². The Kier molecular flexibility index (Phi) is 3.98. The number of aromatic nitrogens is 3. The summed E-state index contributed by atoms with van der Waals surface area (Å²) < 4.78 is 18.2. The molecule has 3 rings (SSSR count). The third-order valence-electron chi connectivity index (χ3n) is 2.94. The first kappa shape index (κ1) is 15.0. The summed E-state index contributed by atoms with van der Waals surface area (Å²) in [5.74, 6) is 1.34. The van der Waals surface area contributed by atoms with Crippen molar-refractivity contribution in [3.05, 3.63) is 47.2 Å². The van der Waals surface area contributed by atoms with Gasteiger partial charge < -0.3 is 20.9 Å². The molecule has 2 heterocycles. The average Bonchev–Trinajstić information content (AvgIpc) is 2.92. The second-order valence-corrected chi connectivity index (χ2v) is 5.09. The number of halogens is 2. The van der Waals surface area contributed by atoms with E-state index >= 15 is 0 Å². The van der Waals surface area contributed by atoms with Crippen LogP contribution in [-0.2, 0) is 0 Å². The van der Waals surface area contributed by atoms with Crippen LogP contribution in [0.3, 0.4) is 0 Å². The van der Waals surface area contributed by atoms with Crippen LogP contribution >= 0.6 is 11.6 Å². The molecular formula is C14H12ClFN6O. The summed E-state index contributed by atoms with van der Waals surface area (Å²) in [6, 6.07) is 5.91. The number of hydrogen-bond donors (Lipinski definition) is 3. The van der Waals surface area contributed by atoms with E-state index in [1.165, 1.54) is 24.5 Å². The van der Waals surface area contributed by atoms with Gasteiger partial charge in [-0.1, -0.05) is 16.8 Å². The Morgan fingerprint density at radius 3 is 2.57 bits per heavy atom. The highest BCUT2D eigenvalue weighted by Gasteiger charge is 2.11. The summed E-state index contributed by atoms with van der Waals surface area (Å²) in [7, 11) is 0. The van der Waals surface area contributed by atoms with Gasteiger partial charge in [0, 0.05) is 11.8 Å². The fourth-order valence-electron chi connectivity index (χ4n) is 1.85. The molecule has 2 aromatic heterocycles. The Morgan fingerprint density at radius 2 is 1.91 bits per heavy atom. The molecule has 0 aliphatic carbocycles. The van der Waals surface area contributed by atoms with Gasteiger partial charge in [-0.25, -0.2) is 14.4 Å². The van der Waals surface area contributed by atoms with Crippen molar-refractivity contribution in [1.29, 1.82) is 0 Å². The molecule has 4 N–H and O–H groups in total. The van der Waals surface area contributed by atoms with E-state index < -0.39 is 5.82 Å². The first-order valence-corrected chi connectivity index (χ1v) is 6.93. The molecule has 3 aromatic rings. The number of aryl methyl sites for hydroxylation is 1. The third-order valence-corrected chi connectivity index (χ3v) is 3.23. The molecule has 0 bridgehead atoms. The van der Waals surface area contributed by atoms with E-state index in [2.05, 4.69) is 25.8 Å². The zero-order chi connectivity index (χ0) is 16.4. The van der Waals surface area contributed by atoms with Gasteiger partial charge in [0.1, 0.15) is 23.6 Å². The lowest BCUT2D eigenvalue weighted by Gasteiger charge is -2.11. The molecular weight excluding hydrogens is 323 g/mol. The van der Waals surface area contributed by atoms with Crippen LogP contribution in [0.1, 0.15) is 5.76 Å². The van der Waals surface area contributed by atoms with Crippen molar-refractivity contribution >= 4 is 40.4 Å². The van der Waals surface area contributed by atoms with Gasteiger partial charge in [-0.15, -0.1) is 0 Å². The first-order valence-electron chi connectivity index (χ1n) is 6.56. The summed E-state index contributed by atoms with van der Waals surface area (Å²) in [6.45, 7) is 1.77. The smallest absolute Gasteiger partial charge is 0.175 e. The Morgan fingerprint density at radius 1 is 1.17 bits per heavy atom. The molecule has 0 spiro atoms. The van der Waals surface area contributed by atoms with Crippen LogP contribution in [-0.4, -0.2) is 15.1 Å². The van der Waals surface area contributed by atoms with E-state index in [-0.39, 0.29) is 10.7 Å². The van der Waals surface area contributed by atoms with E-state index in [0.717, 1.165) is 0 Å². The normalized spacial score (nSPS) is 10.6. The highest BCUT2D eigenvalue weighted by atomic mass is 35.5. The summed E-state index contributed by atoms with van der Waals surface area (Å²) in [5.41, 5.74) is 6.86. The number of hydrogen-bond acceptors (Lipinski definition) is 7. The number of nitrogens with one attached hydrogen (secondary N) is 2. The second-order valence-electron chi connectivity index (χ2n) is 4.69. The van der Waals surface area contributed by atoms with Crippen molar-refractivity contribution in [2.75, 3.05) is 16.4 Å². The standard InChI is InChI=1S/C14H12ClFN6O/c1-7-4-11(22-23-7)21-14-12(17)13(18-6-19-14)20-8-2-3-10(16)9(15)5-8/h2-6H,17H2,1H3,(H2,18,19,20,21,22). The predicted molar refractivity (Wildman–Crippen MR) is 85.7 cm³/mol. The summed E-state index contributed by atoms with van der Waals surface area (Å²) >= 11 is 5.75. The first-order chi connectivity index (χ1) is 11.0. The molecule has 0 saturated carbocycles. The molecule has 7 nitrogen and oxygen atoms in total. The number of anilines is 5. The van der Waals surface area contributed by atoms with Gasteiger partial charge in [-0.2, -0.15) is 0 Å². The van der Waals surface area contributed by atoms with Crippen molar-refractivity contribution in [1.82, 2.24) is 15.1 Å². The van der Waals surface area contributed by atoms with E-state index in [9.17, 15) is 4.39 Å². The van der Waals surface area contributed by atoms with Gasteiger partial charge in [0.25, 0.3) is 0 Å². The van der Waals surface area contributed by atoms with Crippen molar-refractivity contribution in [2.24, 2.45) is 0 Å². The molecule has 23 heavy (non-hydrogen) atoms. The molecule has 9 heteroatoms. The van der Waals surface area contributed by atoms with Crippen molar-refractivity contribution in [3.8, 4) is 0 Å². The number of benzene rings is 1. The van der Waals surface area contributed by atoms with E-state index in [4.69, 9.17) is 21.9 Å². The van der Waals surface area contributed by atoms with E-state index in [1.54, 1.807) is 13.0 Å². The molecule has 1 aromatic carbocycles. The maximum Gasteiger partial charge on any atom is 0.175 e. The molecule has 0 aliphatic heterocycles. The number of nitrogen functional groups attached to an aromatic ring is 1. The van der Waals surface area contributed by atoms with Crippen molar-refractivity contribution < 1.29 is 8.91 Å². The third kappa shape index (κ3) is 3.32. The fraction of sp³-hybridized carbons (Fsp3) is 0.0714. The molecule has 0 atom stereocenters. The fourth-order valence-corrected chi connectivity index (χ4v) is 2.03. The number of rotatable bonds is 4. The minimum Gasteiger partial charge on any atom is -0.393 e. The molecule has 0 unspecified atom stereocenters. The molecule has 0 amide bonds. The van der Waals surface area contributed by atoms with Crippen molar-refractivity contribution in [3.63, 3.8) is 0 Å². The number of nitrogens with zero attached hydrogens (tertiary/aromatic N) is 3. The Bertz CT molecular complexity index is 853. The van der Waals surface area contributed by atoms with E-state index in [1.807, 2.05) is 0 Å². The minimum atomic E-state index is -0.503. The predicted octanol–water partition coefficient (Wildman–Crippen LogP) is 3.63. The summed E-state index contributed by atoms with van der Waals surface area (Å²) in [6.07, 6.45) is 1.33. The van der Waals surface area contributed by atoms with Crippen LogP contribution in [0, 0.1) is 12.7 Å². The van der Waals surface area contributed by atoms with Gasteiger partial charge in [-0.05, 0) is 25.1 Å². The number of nitrogens with two attached hydrogens (primary N) is 1. The van der Waals surface area contributed by atoms with Crippen LogP contribution < -0.4 is 16.4 Å². The topological polar surface area (TPSA) is 102 Å². The van der Waals surface area contributed by atoms with Gasteiger partial charge >= 0.3 is 0 Å². The SMILES string of the molecule is Cc1cc(Nc2ncnc(Nc3ccc(F)c(Cl)c3)c2N)no1. The molecule has 0 fully saturated rings. The maximum absolute atomic E-state index is 13.2. The van der Waals surface area contributed by atoms with Crippen LogP contribution in [0.4, 0.5) is 33.2 Å². The maximum atomic E-state index is 13.2. The Balaban J connectivity index is 1.85. The molecule has 0 saturated heterocycles. The van der Waals surface area contributed by atoms with Crippen LogP contribution in [0.25, 0.3) is 0 Å².